The lowest BCUT2D eigenvalue weighted by molar-refractivity contribution is -0.134. The van der Waals surface area contributed by atoms with Gasteiger partial charge in [0.1, 0.15) is 0 Å². The molecule has 1 amide bonds. The van der Waals surface area contributed by atoms with Crippen LogP contribution in [-0.2, 0) is 4.79 Å². The van der Waals surface area contributed by atoms with Crippen LogP contribution in [0.25, 0.3) is 0 Å². The summed E-state index contributed by atoms with van der Waals surface area (Å²) >= 11 is 3.36. The van der Waals surface area contributed by atoms with Crippen molar-refractivity contribution in [2.45, 2.75) is 37.6 Å². The van der Waals surface area contributed by atoms with Crippen molar-refractivity contribution in [2.75, 3.05) is 13.2 Å². The van der Waals surface area contributed by atoms with Crippen LogP contribution in [0.4, 0.5) is 0 Å². The van der Waals surface area contributed by atoms with Crippen LogP contribution in [0, 0.1) is 5.92 Å². The summed E-state index contributed by atoms with van der Waals surface area (Å²) in [5, 5.41) is 9.21. The minimum atomic E-state index is -0.523. The number of aliphatic hydroxyl groups is 1. The average molecular weight is 264 g/mol. The third-order valence-electron chi connectivity index (χ3n) is 2.84. The number of amides is 1. The quantitative estimate of drug-likeness (QED) is 0.766. The third kappa shape index (κ3) is 2.28. The fraction of sp³-hybridized carbons (Fsp3) is 0.900. The van der Waals surface area contributed by atoms with E-state index in [2.05, 4.69) is 22.9 Å². The van der Waals surface area contributed by atoms with Crippen molar-refractivity contribution in [2.24, 2.45) is 5.92 Å². The molecule has 0 radical (unpaired) electrons. The number of halogens is 1. The lowest BCUT2D eigenvalue weighted by Crippen LogP contribution is -2.46. The Hall–Kier alpha value is -0.0900. The normalized spacial score (nSPS) is 28.2. The molecule has 1 aliphatic heterocycles. The molecule has 4 heteroatoms. The number of rotatable bonds is 2. The largest absolute Gasteiger partial charge is 0.394 e. The van der Waals surface area contributed by atoms with Crippen LogP contribution in [-0.4, -0.2) is 39.4 Å². The van der Waals surface area contributed by atoms with Crippen LogP contribution in [0.2, 0.25) is 0 Å². The SMILES string of the molecule is CC1CCN(C(=O)C(C)(C)Br)C1CO. The highest BCUT2D eigenvalue weighted by Gasteiger charge is 2.38. The van der Waals surface area contributed by atoms with E-state index in [9.17, 15) is 9.90 Å². The topological polar surface area (TPSA) is 40.5 Å². The van der Waals surface area contributed by atoms with Gasteiger partial charge in [0.05, 0.1) is 17.0 Å². The summed E-state index contributed by atoms with van der Waals surface area (Å²) in [6.07, 6.45) is 0.986. The Labute approximate surface area is 93.6 Å². The Morgan fingerprint density at radius 2 is 2.21 bits per heavy atom. The van der Waals surface area contributed by atoms with E-state index in [-0.39, 0.29) is 18.6 Å². The van der Waals surface area contributed by atoms with Gasteiger partial charge < -0.3 is 10.0 Å². The third-order valence-corrected chi connectivity index (χ3v) is 3.18. The van der Waals surface area contributed by atoms with Crippen molar-refractivity contribution in [3.63, 3.8) is 0 Å². The minimum Gasteiger partial charge on any atom is -0.394 e. The van der Waals surface area contributed by atoms with Crippen LogP contribution in [0.1, 0.15) is 27.2 Å². The maximum absolute atomic E-state index is 11.9. The first-order valence-electron chi connectivity index (χ1n) is 4.98. The number of carbonyl (C=O) groups excluding carboxylic acids is 1. The van der Waals surface area contributed by atoms with E-state index >= 15 is 0 Å². The van der Waals surface area contributed by atoms with Crippen molar-refractivity contribution in [1.82, 2.24) is 4.90 Å². The van der Waals surface area contributed by atoms with Crippen LogP contribution in [0.3, 0.4) is 0 Å². The minimum absolute atomic E-state index is 0.000625. The summed E-state index contributed by atoms with van der Waals surface area (Å²) in [5.41, 5.74) is 0. The van der Waals surface area contributed by atoms with Crippen molar-refractivity contribution >= 4 is 21.8 Å². The van der Waals surface area contributed by atoms with E-state index in [0.717, 1.165) is 13.0 Å². The molecule has 0 bridgehead atoms. The number of alkyl halides is 1. The molecule has 0 aromatic rings. The maximum Gasteiger partial charge on any atom is 0.239 e. The van der Waals surface area contributed by atoms with Gasteiger partial charge in [0.2, 0.25) is 5.91 Å². The first kappa shape index (κ1) is 12.0. The van der Waals surface area contributed by atoms with Gasteiger partial charge in [0.15, 0.2) is 0 Å². The highest BCUT2D eigenvalue weighted by atomic mass is 79.9. The van der Waals surface area contributed by atoms with E-state index in [1.54, 1.807) is 4.90 Å². The number of likely N-dealkylation sites (tertiary alicyclic amines) is 1. The molecule has 0 aromatic heterocycles. The number of aliphatic hydroxyl groups excluding tert-OH is 1. The molecule has 1 fully saturated rings. The standard InChI is InChI=1S/C10H18BrNO2/c1-7-4-5-12(8(7)6-13)9(14)10(2,3)11/h7-8,13H,4-6H2,1-3H3. The summed E-state index contributed by atoms with van der Waals surface area (Å²) in [5.74, 6) is 0.472. The lowest BCUT2D eigenvalue weighted by atomic mass is 10.0. The Morgan fingerprint density at radius 3 is 2.64 bits per heavy atom. The average Bonchev–Trinajstić information content (AvgIpc) is 2.43. The molecule has 0 spiro atoms. The smallest absolute Gasteiger partial charge is 0.239 e. The zero-order chi connectivity index (χ0) is 10.9. The van der Waals surface area contributed by atoms with Crippen molar-refractivity contribution < 1.29 is 9.90 Å². The Balaban J connectivity index is 2.74. The van der Waals surface area contributed by atoms with Crippen LogP contribution < -0.4 is 0 Å². The van der Waals surface area contributed by atoms with Crippen molar-refractivity contribution in [3.05, 3.63) is 0 Å². The molecular formula is C10H18BrNO2. The molecule has 1 rings (SSSR count). The van der Waals surface area contributed by atoms with Gasteiger partial charge >= 0.3 is 0 Å². The second-order valence-electron chi connectivity index (χ2n) is 4.49. The molecule has 3 nitrogen and oxygen atoms in total. The molecule has 0 aliphatic carbocycles. The second-order valence-corrected chi connectivity index (χ2v) is 6.47. The Morgan fingerprint density at radius 1 is 1.64 bits per heavy atom. The summed E-state index contributed by atoms with van der Waals surface area (Å²) in [7, 11) is 0. The molecule has 1 aliphatic rings. The van der Waals surface area contributed by atoms with E-state index in [0.29, 0.717) is 5.92 Å². The Bertz CT molecular complexity index is 225. The van der Waals surface area contributed by atoms with Gasteiger partial charge in [-0.25, -0.2) is 0 Å². The predicted octanol–water partition coefficient (Wildman–Crippen LogP) is 1.39. The number of carbonyl (C=O) groups is 1. The summed E-state index contributed by atoms with van der Waals surface area (Å²) in [6.45, 7) is 6.59. The first-order chi connectivity index (χ1) is 6.38. The molecule has 2 unspecified atom stereocenters. The molecule has 14 heavy (non-hydrogen) atoms. The molecule has 82 valence electrons. The Kier molecular flexibility index (Phi) is 3.58. The zero-order valence-electron chi connectivity index (χ0n) is 8.96. The molecule has 0 saturated carbocycles. The fourth-order valence-electron chi connectivity index (χ4n) is 1.88. The molecule has 2 atom stereocenters. The highest BCUT2D eigenvalue weighted by molar-refractivity contribution is 9.10. The summed E-state index contributed by atoms with van der Waals surface area (Å²) in [4.78, 5) is 13.7. The summed E-state index contributed by atoms with van der Waals surface area (Å²) < 4.78 is -0.523. The van der Waals surface area contributed by atoms with Crippen molar-refractivity contribution in [1.29, 1.82) is 0 Å². The second kappa shape index (κ2) is 4.19. The van der Waals surface area contributed by atoms with E-state index in [1.807, 2.05) is 13.8 Å². The van der Waals surface area contributed by atoms with Gasteiger partial charge in [0.25, 0.3) is 0 Å². The van der Waals surface area contributed by atoms with Crippen LogP contribution >= 0.6 is 15.9 Å². The van der Waals surface area contributed by atoms with Gasteiger partial charge in [-0.15, -0.1) is 0 Å². The van der Waals surface area contributed by atoms with E-state index in [4.69, 9.17) is 0 Å². The maximum atomic E-state index is 11.9. The van der Waals surface area contributed by atoms with Gasteiger partial charge in [0, 0.05) is 6.54 Å². The van der Waals surface area contributed by atoms with E-state index < -0.39 is 4.32 Å². The molecule has 0 aromatic carbocycles. The van der Waals surface area contributed by atoms with Crippen LogP contribution in [0.15, 0.2) is 0 Å². The molecule has 1 saturated heterocycles. The monoisotopic (exact) mass is 263 g/mol. The van der Waals surface area contributed by atoms with Gasteiger partial charge in [-0.3, -0.25) is 4.79 Å². The zero-order valence-corrected chi connectivity index (χ0v) is 10.5. The fourth-order valence-corrected chi connectivity index (χ4v) is 2.11. The molecular weight excluding hydrogens is 246 g/mol. The summed E-state index contributed by atoms with van der Waals surface area (Å²) in [6, 6.07) is -0.000625. The highest BCUT2D eigenvalue weighted by Crippen LogP contribution is 2.28. The van der Waals surface area contributed by atoms with E-state index in [1.165, 1.54) is 0 Å². The van der Waals surface area contributed by atoms with Gasteiger partial charge in [-0.05, 0) is 26.2 Å². The van der Waals surface area contributed by atoms with Gasteiger partial charge in [-0.2, -0.15) is 0 Å². The number of hydrogen-bond acceptors (Lipinski definition) is 2. The first-order valence-corrected chi connectivity index (χ1v) is 5.78. The lowest BCUT2D eigenvalue weighted by Gasteiger charge is -2.30. The van der Waals surface area contributed by atoms with Gasteiger partial charge in [-0.1, -0.05) is 22.9 Å². The van der Waals surface area contributed by atoms with Crippen LogP contribution in [0.5, 0.6) is 0 Å². The molecule has 1 heterocycles. The molecule has 1 N–H and O–H groups in total. The predicted molar refractivity (Wildman–Crippen MR) is 59.4 cm³/mol. The number of hydrogen-bond donors (Lipinski definition) is 1. The number of nitrogens with zero attached hydrogens (tertiary/aromatic N) is 1. The van der Waals surface area contributed by atoms with Crippen molar-refractivity contribution in [3.8, 4) is 0 Å².